The minimum atomic E-state index is -0.367. The van der Waals surface area contributed by atoms with Crippen LogP contribution < -0.4 is 10.2 Å². The molecule has 2 aliphatic rings. The number of hydrogen-bond donors (Lipinski definition) is 1. The fraction of sp³-hybridized carbons (Fsp3) is 0.467. The minimum Gasteiger partial charge on any atom is -0.447 e. The molecular formula is C15H18N2O4. The Morgan fingerprint density at radius 3 is 2.95 bits per heavy atom. The minimum absolute atomic E-state index is 0.0617. The first kappa shape index (κ1) is 13.9. The third-order valence-electron chi connectivity index (χ3n) is 3.68. The highest BCUT2D eigenvalue weighted by Crippen LogP contribution is 2.20. The second-order valence-corrected chi connectivity index (χ2v) is 5.20. The number of nitrogens with one attached hydrogen (secondary N) is 1. The molecule has 1 atom stereocenters. The Morgan fingerprint density at radius 2 is 2.24 bits per heavy atom. The molecule has 2 fully saturated rings. The number of nitrogens with zero attached hydrogens (tertiary/aromatic N) is 1. The molecule has 0 aliphatic carbocycles. The van der Waals surface area contributed by atoms with Crippen LogP contribution in [0, 0.1) is 0 Å². The van der Waals surface area contributed by atoms with Gasteiger partial charge in [-0.05, 0) is 31.0 Å². The lowest BCUT2D eigenvalue weighted by atomic mass is 10.1. The number of carbonyl (C=O) groups excluding carboxylic acids is 2. The lowest BCUT2D eigenvalue weighted by molar-refractivity contribution is 0.0624. The van der Waals surface area contributed by atoms with Crippen LogP contribution in [-0.4, -0.2) is 44.4 Å². The predicted octanol–water partition coefficient (Wildman–Crippen LogP) is 1.55. The Kier molecular flexibility index (Phi) is 4.06. The molecule has 0 unspecified atom stereocenters. The maximum Gasteiger partial charge on any atom is 0.414 e. The highest BCUT2D eigenvalue weighted by molar-refractivity contribution is 5.97. The number of anilines is 1. The van der Waals surface area contributed by atoms with E-state index < -0.39 is 0 Å². The first-order valence-corrected chi connectivity index (χ1v) is 7.17. The Morgan fingerprint density at radius 1 is 1.33 bits per heavy atom. The molecule has 2 amide bonds. The average molecular weight is 290 g/mol. The zero-order chi connectivity index (χ0) is 14.7. The maximum absolute atomic E-state index is 12.3. The summed E-state index contributed by atoms with van der Waals surface area (Å²) in [6.07, 6.45) is 1.53. The molecular weight excluding hydrogens is 272 g/mol. The van der Waals surface area contributed by atoms with Crippen molar-refractivity contribution in [3.8, 4) is 0 Å². The van der Waals surface area contributed by atoms with Gasteiger partial charge in [0.1, 0.15) is 6.61 Å². The number of ether oxygens (including phenoxy) is 2. The molecule has 0 bridgehead atoms. The van der Waals surface area contributed by atoms with E-state index in [9.17, 15) is 9.59 Å². The molecule has 2 heterocycles. The van der Waals surface area contributed by atoms with Gasteiger partial charge in [0.25, 0.3) is 5.91 Å². The predicted molar refractivity (Wildman–Crippen MR) is 76.4 cm³/mol. The number of rotatable bonds is 3. The van der Waals surface area contributed by atoms with E-state index in [4.69, 9.17) is 9.47 Å². The largest absolute Gasteiger partial charge is 0.447 e. The average Bonchev–Trinajstić information content (AvgIpc) is 2.94. The Hall–Kier alpha value is -2.08. The van der Waals surface area contributed by atoms with E-state index in [0.717, 1.165) is 19.4 Å². The normalized spacial score (nSPS) is 22.0. The number of amides is 2. The van der Waals surface area contributed by atoms with Crippen molar-refractivity contribution in [1.82, 2.24) is 5.32 Å². The van der Waals surface area contributed by atoms with Gasteiger partial charge in [0.05, 0.1) is 19.2 Å². The van der Waals surface area contributed by atoms with Gasteiger partial charge in [0.15, 0.2) is 0 Å². The van der Waals surface area contributed by atoms with Crippen molar-refractivity contribution in [1.29, 1.82) is 0 Å². The molecule has 1 N–H and O–H groups in total. The monoisotopic (exact) mass is 290 g/mol. The highest BCUT2D eigenvalue weighted by atomic mass is 16.6. The summed E-state index contributed by atoms with van der Waals surface area (Å²) < 4.78 is 10.3. The number of cyclic esters (lactones) is 1. The van der Waals surface area contributed by atoms with Crippen molar-refractivity contribution in [2.24, 2.45) is 0 Å². The van der Waals surface area contributed by atoms with E-state index in [1.807, 2.05) is 0 Å². The SMILES string of the molecule is O=C(N[C@@H]1CCCOC1)c1cccc(N2CCOC2=O)c1. The number of benzene rings is 1. The topological polar surface area (TPSA) is 67.9 Å². The van der Waals surface area contributed by atoms with Gasteiger partial charge >= 0.3 is 6.09 Å². The molecule has 6 nitrogen and oxygen atoms in total. The molecule has 6 heteroatoms. The second-order valence-electron chi connectivity index (χ2n) is 5.20. The van der Waals surface area contributed by atoms with Crippen molar-refractivity contribution in [2.75, 3.05) is 31.3 Å². The van der Waals surface area contributed by atoms with Gasteiger partial charge < -0.3 is 14.8 Å². The molecule has 3 rings (SSSR count). The molecule has 0 radical (unpaired) electrons. The third-order valence-corrected chi connectivity index (χ3v) is 3.68. The fourth-order valence-electron chi connectivity index (χ4n) is 2.57. The van der Waals surface area contributed by atoms with Crippen LogP contribution in [-0.2, 0) is 9.47 Å². The zero-order valence-electron chi connectivity index (χ0n) is 11.7. The zero-order valence-corrected chi connectivity index (χ0v) is 11.7. The fourth-order valence-corrected chi connectivity index (χ4v) is 2.57. The molecule has 0 spiro atoms. The van der Waals surface area contributed by atoms with Gasteiger partial charge in [-0.1, -0.05) is 6.07 Å². The van der Waals surface area contributed by atoms with E-state index in [-0.39, 0.29) is 18.0 Å². The standard InChI is InChI=1S/C15H18N2O4/c18-14(16-12-4-2-7-20-10-12)11-3-1-5-13(9-11)17-6-8-21-15(17)19/h1,3,5,9,12H,2,4,6-8,10H2,(H,16,18)/t12-/m1/s1. The summed E-state index contributed by atoms with van der Waals surface area (Å²) in [5, 5.41) is 2.97. The van der Waals surface area contributed by atoms with E-state index in [0.29, 0.717) is 31.0 Å². The molecule has 21 heavy (non-hydrogen) atoms. The summed E-state index contributed by atoms with van der Waals surface area (Å²) >= 11 is 0. The molecule has 1 aromatic rings. The molecule has 2 aliphatic heterocycles. The van der Waals surface area contributed by atoms with Crippen molar-refractivity contribution >= 4 is 17.7 Å². The van der Waals surface area contributed by atoms with Crippen LogP contribution in [0.1, 0.15) is 23.2 Å². The number of hydrogen-bond acceptors (Lipinski definition) is 4. The van der Waals surface area contributed by atoms with E-state index in [2.05, 4.69) is 5.32 Å². The van der Waals surface area contributed by atoms with Crippen LogP contribution in [0.25, 0.3) is 0 Å². The third kappa shape index (κ3) is 3.16. The van der Waals surface area contributed by atoms with Gasteiger partial charge in [-0.3, -0.25) is 9.69 Å². The molecule has 0 aromatic heterocycles. The van der Waals surface area contributed by atoms with Crippen LogP contribution in [0.5, 0.6) is 0 Å². The van der Waals surface area contributed by atoms with Crippen LogP contribution in [0.3, 0.4) is 0 Å². The van der Waals surface area contributed by atoms with Gasteiger partial charge in [0.2, 0.25) is 0 Å². The molecule has 112 valence electrons. The van der Waals surface area contributed by atoms with E-state index >= 15 is 0 Å². The lowest BCUT2D eigenvalue weighted by Crippen LogP contribution is -2.40. The quantitative estimate of drug-likeness (QED) is 0.917. The summed E-state index contributed by atoms with van der Waals surface area (Å²) in [4.78, 5) is 25.3. The van der Waals surface area contributed by atoms with Crippen molar-refractivity contribution in [2.45, 2.75) is 18.9 Å². The smallest absolute Gasteiger partial charge is 0.414 e. The van der Waals surface area contributed by atoms with Gasteiger partial charge in [-0.2, -0.15) is 0 Å². The first-order valence-electron chi connectivity index (χ1n) is 7.17. The van der Waals surface area contributed by atoms with Gasteiger partial charge in [-0.25, -0.2) is 4.79 Å². The van der Waals surface area contributed by atoms with Crippen LogP contribution >= 0.6 is 0 Å². The van der Waals surface area contributed by atoms with Gasteiger partial charge in [0, 0.05) is 17.9 Å². The van der Waals surface area contributed by atoms with Crippen molar-refractivity contribution in [3.63, 3.8) is 0 Å². The number of carbonyl (C=O) groups is 2. The summed E-state index contributed by atoms with van der Waals surface area (Å²) in [6, 6.07) is 7.09. The Balaban J connectivity index is 1.69. The first-order chi connectivity index (χ1) is 10.2. The summed E-state index contributed by atoms with van der Waals surface area (Å²) in [5.41, 5.74) is 1.22. The highest BCUT2D eigenvalue weighted by Gasteiger charge is 2.24. The van der Waals surface area contributed by atoms with Crippen LogP contribution in [0.15, 0.2) is 24.3 Å². The van der Waals surface area contributed by atoms with E-state index in [1.54, 1.807) is 24.3 Å². The molecule has 1 aromatic carbocycles. The Labute approximate surface area is 123 Å². The Bertz CT molecular complexity index is 540. The summed E-state index contributed by atoms with van der Waals surface area (Å²) in [7, 11) is 0. The van der Waals surface area contributed by atoms with E-state index in [1.165, 1.54) is 4.90 Å². The maximum atomic E-state index is 12.3. The molecule has 2 saturated heterocycles. The van der Waals surface area contributed by atoms with Gasteiger partial charge in [-0.15, -0.1) is 0 Å². The van der Waals surface area contributed by atoms with Crippen LogP contribution in [0.2, 0.25) is 0 Å². The van der Waals surface area contributed by atoms with Crippen LogP contribution in [0.4, 0.5) is 10.5 Å². The summed E-state index contributed by atoms with van der Waals surface area (Å²) in [6.45, 7) is 2.22. The second kappa shape index (κ2) is 6.13. The van der Waals surface area contributed by atoms with Crippen molar-refractivity contribution in [3.05, 3.63) is 29.8 Å². The van der Waals surface area contributed by atoms with Crippen molar-refractivity contribution < 1.29 is 19.1 Å². The lowest BCUT2D eigenvalue weighted by Gasteiger charge is -2.23. The summed E-state index contributed by atoms with van der Waals surface area (Å²) in [5.74, 6) is -0.139. The molecule has 0 saturated carbocycles.